The SMILES string of the molecule is CCN(C)C(=O)c1ccc(Sc2nc(Nc3cc(C)[nH]n3)cc(N3CC(O)(C4CC4)C3)n2)cc1.COC1CN(c2cc(Nc3cc(C)[nH]n3)nc(Sc3ccc(NC(=O)c4ccccc4C(F)(F)F)cc3)n2)C1.Cc1cc(Nc2cc(N3CCC3)nc(Sc3ccc(NC(=O)C(C)CC(F)(F)F)cc3)n2)n[nH]1.[HH].[HH].[HH].[HH].[HH].[HH].[HH].[HH]. The van der Waals surface area contributed by atoms with Crippen molar-refractivity contribution in [1.29, 1.82) is 0 Å². The minimum atomic E-state index is -4.63. The Morgan fingerprint density at radius 1 is 0.617 bits per heavy atom. The highest BCUT2D eigenvalue weighted by Crippen LogP contribution is 2.46. The van der Waals surface area contributed by atoms with Gasteiger partial charge in [0.05, 0.1) is 36.7 Å². The molecular weight excluding hydrogens is 1450 g/mol. The first-order valence-electron chi connectivity index (χ1n) is 34.1. The topological polar surface area (TPSA) is 317 Å². The second-order valence-electron chi connectivity index (χ2n) is 26.1. The Bertz CT molecular complexity index is 4780. The van der Waals surface area contributed by atoms with Crippen LogP contribution < -0.4 is 41.3 Å². The molecule has 0 bridgehead atoms. The van der Waals surface area contributed by atoms with Gasteiger partial charge in [-0.2, -0.15) is 41.6 Å². The van der Waals surface area contributed by atoms with Crippen LogP contribution in [0, 0.1) is 32.6 Å². The maximum Gasteiger partial charge on any atom is 0.417 e. The smallest absolute Gasteiger partial charge is 0.386 e. The molecule has 9 N–H and O–H groups in total. The van der Waals surface area contributed by atoms with E-state index in [1.807, 2.05) is 88.4 Å². The number of aromatic nitrogens is 12. The molecule has 576 valence electrons. The number of amides is 3. The van der Waals surface area contributed by atoms with Crippen molar-refractivity contribution in [1.82, 2.24) is 65.4 Å². The highest BCUT2D eigenvalue weighted by Gasteiger charge is 2.52. The molecule has 10 aromatic rings. The van der Waals surface area contributed by atoms with Crippen LogP contribution in [0.4, 0.5) is 90.1 Å². The van der Waals surface area contributed by atoms with E-state index < -0.39 is 53.2 Å². The summed E-state index contributed by atoms with van der Waals surface area (Å²) in [6.07, 6.45) is -6.71. The van der Waals surface area contributed by atoms with Crippen molar-refractivity contribution in [3.05, 3.63) is 167 Å². The molecule has 35 heteroatoms. The zero-order valence-corrected chi connectivity index (χ0v) is 61.5. The average molecular weight is 1540 g/mol. The van der Waals surface area contributed by atoms with Crippen molar-refractivity contribution in [2.75, 3.05) is 101 Å². The van der Waals surface area contributed by atoms with Crippen LogP contribution in [0.15, 0.2) is 164 Å². The third-order valence-electron chi connectivity index (χ3n) is 17.5. The lowest BCUT2D eigenvalue weighted by Gasteiger charge is -2.47. The van der Waals surface area contributed by atoms with E-state index in [0.29, 0.717) is 106 Å². The molecule has 4 aromatic carbocycles. The minimum Gasteiger partial charge on any atom is -0.386 e. The van der Waals surface area contributed by atoms with Gasteiger partial charge in [-0.25, -0.2) is 29.9 Å². The number of H-pyrrole nitrogens is 3. The van der Waals surface area contributed by atoms with E-state index in [1.165, 1.54) is 54.3 Å². The van der Waals surface area contributed by atoms with Crippen molar-refractivity contribution in [3.63, 3.8) is 0 Å². The molecule has 9 heterocycles. The number of aryl methyl sites for hydroxylation is 3. The Kier molecular flexibility index (Phi) is 23.6. The lowest BCUT2D eigenvalue weighted by Crippen LogP contribution is -2.63. The molecule has 107 heavy (non-hydrogen) atoms. The quantitative estimate of drug-likeness (QED) is 0.0200. The summed E-state index contributed by atoms with van der Waals surface area (Å²) >= 11 is 4.09. The molecule has 6 aromatic heterocycles. The van der Waals surface area contributed by atoms with Gasteiger partial charge < -0.3 is 56.0 Å². The summed E-state index contributed by atoms with van der Waals surface area (Å²) in [5.74, 6) is 3.84. The highest BCUT2D eigenvalue weighted by molar-refractivity contribution is 7.99. The number of nitrogens with one attached hydrogen (secondary N) is 8. The van der Waals surface area contributed by atoms with Crippen LogP contribution in [-0.4, -0.2) is 166 Å². The molecule has 1 saturated carbocycles. The minimum absolute atomic E-state index is 0. The molecule has 0 spiro atoms. The maximum absolute atomic E-state index is 13.3. The van der Waals surface area contributed by atoms with Crippen LogP contribution in [0.25, 0.3) is 0 Å². The molecule has 1 atom stereocenters. The summed E-state index contributed by atoms with van der Waals surface area (Å²) in [5, 5.41) is 48.4. The van der Waals surface area contributed by atoms with Gasteiger partial charge >= 0.3 is 12.4 Å². The fourth-order valence-corrected chi connectivity index (χ4v) is 13.6. The number of aliphatic hydroxyl groups is 1. The van der Waals surface area contributed by atoms with Crippen molar-refractivity contribution in [2.45, 2.75) is 115 Å². The van der Waals surface area contributed by atoms with E-state index in [2.05, 4.69) is 96.8 Å². The fraction of sp³-hybridized carbons (Fsp3) is 0.333. The molecule has 14 rings (SSSR count). The van der Waals surface area contributed by atoms with Gasteiger partial charge in [-0.05, 0) is 173 Å². The van der Waals surface area contributed by atoms with Gasteiger partial charge in [0, 0.05) is 149 Å². The summed E-state index contributed by atoms with van der Waals surface area (Å²) in [4.78, 5) is 75.5. The second kappa shape index (κ2) is 33.1. The monoisotopic (exact) mass is 1540 g/mol. The largest absolute Gasteiger partial charge is 0.417 e. The molecule has 3 saturated heterocycles. The number of ether oxygens (including phenoxy) is 1. The van der Waals surface area contributed by atoms with Gasteiger partial charge in [-0.1, -0.05) is 19.1 Å². The molecule has 4 fully saturated rings. The Morgan fingerprint density at radius 2 is 1.06 bits per heavy atom. The van der Waals surface area contributed by atoms with Crippen molar-refractivity contribution in [3.8, 4) is 0 Å². The molecule has 3 aliphatic heterocycles. The van der Waals surface area contributed by atoms with Crippen molar-refractivity contribution < 1.29 is 62.0 Å². The van der Waals surface area contributed by atoms with E-state index in [4.69, 9.17) is 9.72 Å². The highest BCUT2D eigenvalue weighted by atomic mass is 32.2. The van der Waals surface area contributed by atoms with Crippen LogP contribution in [0.1, 0.15) is 94.3 Å². The number of anilines is 11. The molecular formula is C72H93F6N21O5S3. The summed E-state index contributed by atoms with van der Waals surface area (Å²) in [5.41, 5.74) is 2.19. The van der Waals surface area contributed by atoms with E-state index >= 15 is 0 Å². The third kappa shape index (κ3) is 20.6. The first-order valence-corrected chi connectivity index (χ1v) is 36.6. The number of hydrogen-bond acceptors (Lipinski definition) is 23. The fourth-order valence-electron chi connectivity index (χ4n) is 11.3. The van der Waals surface area contributed by atoms with Gasteiger partial charge in [0.15, 0.2) is 32.9 Å². The molecule has 26 nitrogen and oxygen atoms in total. The number of carbonyl (C=O) groups is 3. The number of halogens is 6. The van der Waals surface area contributed by atoms with Crippen LogP contribution in [0.2, 0.25) is 0 Å². The molecule has 0 radical (unpaired) electrons. The second-order valence-corrected chi connectivity index (χ2v) is 29.2. The van der Waals surface area contributed by atoms with Crippen LogP contribution in [-0.2, 0) is 15.7 Å². The summed E-state index contributed by atoms with van der Waals surface area (Å²) in [6.45, 7) is 14.1. The van der Waals surface area contributed by atoms with E-state index in [1.54, 1.807) is 67.6 Å². The number of alkyl halides is 6. The van der Waals surface area contributed by atoms with E-state index in [9.17, 15) is 45.8 Å². The lowest BCUT2D eigenvalue weighted by atomic mass is 9.89. The van der Waals surface area contributed by atoms with Gasteiger partial charge in [0.1, 0.15) is 40.5 Å². The number of methoxy groups -OCH3 is 1. The zero-order valence-electron chi connectivity index (χ0n) is 59.1. The maximum atomic E-state index is 13.3. The van der Waals surface area contributed by atoms with Gasteiger partial charge in [-0.15, -0.1) is 0 Å². The number of aromatic amines is 3. The van der Waals surface area contributed by atoms with Crippen LogP contribution >= 0.6 is 35.3 Å². The van der Waals surface area contributed by atoms with Crippen LogP contribution in [0.3, 0.4) is 0 Å². The standard InChI is InChI=1S/C26H24F3N7O2S.C24H29N7O2S.C22H24F3N7OS.8H2/c1-15-11-22(35-34-15)31-21-12-23(36-13-17(14-36)38-2)33-25(32-21)39-18-9-7-16(8-10-18)30-24(37)19-5-3-4-6-20(19)26(27,28)29;1-4-30(3)22(32)16-5-9-18(10-6-16)34-23-26-19(25-20-11-15(2)28-29-20)12-21(27-23)31-13-24(33,14-31)17-7-8-17;1-13(12-22(23,24)25)20(33)26-15-4-6-16(7-5-15)34-21-28-17(27-18-10-14(2)30-31-18)11-19(29-21)32-8-3-9-32;;;;;;;;/h3-12,17H,13-14H2,1-2H3,(H,30,37)(H2,31,32,33,34,35);5-6,9-12,17,33H,4,7-8,13-14H2,1-3H3,(H2,25,26,27,28,29);4-7,10-11,13H,3,8-9,12H2,1-2H3,(H,26,33)(H2,27,28,29,30,31);8*1H. The Balaban J connectivity index is 0.000000352. The summed E-state index contributed by atoms with van der Waals surface area (Å²) in [7, 11) is 3.47. The number of benzene rings is 4. The molecule has 4 aliphatic rings. The number of rotatable bonds is 24. The van der Waals surface area contributed by atoms with Gasteiger partial charge in [-0.3, -0.25) is 29.7 Å². The predicted octanol–water partition coefficient (Wildman–Crippen LogP) is 16.1. The van der Waals surface area contributed by atoms with E-state index in [0.717, 1.165) is 93.7 Å². The predicted molar refractivity (Wildman–Crippen MR) is 415 cm³/mol. The zero-order chi connectivity index (χ0) is 75.7. The molecule has 1 unspecified atom stereocenters. The number of carbonyl (C=O) groups excluding carboxylic acids is 3. The Morgan fingerprint density at radius 3 is 1.46 bits per heavy atom. The molecule has 1 aliphatic carbocycles. The Labute approximate surface area is 636 Å². The summed E-state index contributed by atoms with van der Waals surface area (Å²) < 4.78 is 82.8. The first kappa shape index (κ1) is 76.2. The lowest BCUT2D eigenvalue weighted by molar-refractivity contribution is -0.150. The van der Waals surface area contributed by atoms with Gasteiger partial charge in [0.2, 0.25) is 5.91 Å². The molecule has 3 amide bonds. The normalized spacial score (nSPS) is 14.9. The Hall–Kier alpha value is -10.5. The number of β-amino-alcohol motifs (C(OH)–C–C–N with tert-alkyl or cyclic N) is 1. The van der Waals surface area contributed by atoms with Crippen molar-refractivity contribution >= 4 is 117 Å². The first-order chi connectivity index (χ1) is 51.1. The third-order valence-corrected chi connectivity index (χ3v) is 20.1. The van der Waals surface area contributed by atoms with Crippen LogP contribution in [0.5, 0.6) is 0 Å². The van der Waals surface area contributed by atoms with Crippen molar-refractivity contribution in [2.24, 2.45) is 11.8 Å². The van der Waals surface area contributed by atoms with Gasteiger partial charge in [0.25, 0.3) is 11.8 Å². The average Bonchev–Trinajstić information content (AvgIpc) is 1.66. The number of nitrogens with zero attached hydrogens (tertiary/aromatic N) is 13. The van der Waals surface area contributed by atoms with E-state index in [-0.39, 0.29) is 23.4 Å². The number of hydrogen-bond donors (Lipinski definition) is 9. The summed E-state index contributed by atoms with van der Waals surface area (Å²) in [6, 6.07) is 36.9.